The first-order chi connectivity index (χ1) is 31.6. The Morgan fingerprint density at radius 3 is 2.41 bits per heavy atom. The molecule has 66 heavy (non-hydrogen) atoms. The second kappa shape index (κ2) is 17.9. The van der Waals surface area contributed by atoms with E-state index >= 15 is 0 Å². The molecule has 348 valence electrons. The summed E-state index contributed by atoms with van der Waals surface area (Å²) in [6.45, 7) is 11.8. The van der Waals surface area contributed by atoms with Crippen molar-refractivity contribution in [1.82, 2.24) is 35.0 Å². The average molecular weight is 923 g/mol. The van der Waals surface area contributed by atoms with Crippen LogP contribution >= 0.6 is 11.6 Å². The van der Waals surface area contributed by atoms with Crippen LogP contribution in [0.3, 0.4) is 0 Å². The zero-order chi connectivity index (χ0) is 46.6. The molecule has 4 fully saturated rings. The van der Waals surface area contributed by atoms with Crippen molar-refractivity contribution >= 4 is 75.2 Å². The SMILES string of the molecule is CNC(=O)COc1cc2cc(Nc3nc(N4CCC(O[C@H]5C[C@H](N6CCN(c7ccc8c(c7)C(=O)N(C7CCC(=O)NC7=O)C8=O)C(C)(C)C6)C5)CC4)ncc3Cl)ccc2n(C(C)C)c1=O. The van der Waals surface area contributed by atoms with Gasteiger partial charge < -0.3 is 34.5 Å². The Morgan fingerprint density at radius 2 is 1.70 bits per heavy atom. The lowest BCUT2D eigenvalue weighted by atomic mass is 9.85. The number of carbonyl (C=O) groups excluding carboxylic acids is 5. The Kier molecular flexibility index (Phi) is 12.2. The number of benzene rings is 2. The number of piperazine rings is 1. The number of nitrogens with zero attached hydrogens (tertiary/aromatic N) is 7. The van der Waals surface area contributed by atoms with Gasteiger partial charge in [0, 0.05) is 80.6 Å². The van der Waals surface area contributed by atoms with Gasteiger partial charge in [0.2, 0.25) is 17.8 Å². The first-order valence-electron chi connectivity index (χ1n) is 22.7. The van der Waals surface area contributed by atoms with E-state index in [4.69, 9.17) is 26.1 Å². The van der Waals surface area contributed by atoms with Gasteiger partial charge in [-0.1, -0.05) is 11.6 Å². The lowest BCUT2D eigenvalue weighted by Gasteiger charge is -2.53. The molecule has 4 aromatic rings. The molecule has 0 radical (unpaired) electrons. The number of amides is 5. The molecule has 2 aromatic carbocycles. The van der Waals surface area contributed by atoms with E-state index in [0.29, 0.717) is 28.5 Å². The van der Waals surface area contributed by atoms with E-state index in [0.717, 1.165) is 79.9 Å². The summed E-state index contributed by atoms with van der Waals surface area (Å²) in [5, 5.41) is 9.19. The highest BCUT2D eigenvalue weighted by Gasteiger charge is 2.46. The summed E-state index contributed by atoms with van der Waals surface area (Å²) in [6.07, 6.45) is 5.74. The lowest BCUT2D eigenvalue weighted by molar-refractivity contribution is -0.136. The number of imide groups is 2. The molecule has 1 saturated carbocycles. The first-order valence-corrected chi connectivity index (χ1v) is 23.1. The van der Waals surface area contributed by atoms with Crippen LogP contribution in [0.5, 0.6) is 5.75 Å². The predicted octanol–water partition coefficient (Wildman–Crippen LogP) is 4.41. The number of ether oxygens (including phenoxy) is 2. The number of aromatic nitrogens is 3. The van der Waals surface area contributed by atoms with Crippen molar-refractivity contribution < 1.29 is 33.4 Å². The van der Waals surface area contributed by atoms with Crippen LogP contribution in [-0.2, 0) is 19.1 Å². The number of carbonyl (C=O) groups is 5. The maximum atomic E-state index is 13.5. The summed E-state index contributed by atoms with van der Waals surface area (Å²) in [5.41, 5.74) is 2.28. The fourth-order valence-corrected chi connectivity index (χ4v) is 10.1. The molecule has 2 aromatic heterocycles. The van der Waals surface area contributed by atoms with Crippen molar-refractivity contribution in [3.05, 3.63) is 75.2 Å². The van der Waals surface area contributed by atoms with Crippen molar-refractivity contribution in [2.45, 2.75) is 102 Å². The number of likely N-dealkylation sites (N-methyl/N-ethyl adjacent to an activating group) is 1. The Bertz CT molecular complexity index is 2680. The molecule has 1 atom stereocenters. The zero-order valence-corrected chi connectivity index (χ0v) is 38.5. The summed E-state index contributed by atoms with van der Waals surface area (Å²) in [7, 11) is 1.51. The lowest BCUT2D eigenvalue weighted by Crippen LogP contribution is -2.64. The number of anilines is 4. The molecule has 19 heteroatoms. The van der Waals surface area contributed by atoms with Crippen LogP contribution in [0, 0.1) is 0 Å². The molecule has 3 N–H and O–H groups in total. The van der Waals surface area contributed by atoms with Gasteiger partial charge in [0.25, 0.3) is 23.3 Å². The highest BCUT2D eigenvalue weighted by atomic mass is 35.5. The number of hydrogen-bond donors (Lipinski definition) is 3. The maximum Gasteiger partial charge on any atom is 0.293 e. The summed E-state index contributed by atoms with van der Waals surface area (Å²) in [5.74, 6) is -1.26. The minimum absolute atomic E-state index is 0.0779. The highest BCUT2D eigenvalue weighted by molar-refractivity contribution is 6.33. The fourth-order valence-electron chi connectivity index (χ4n) is 9.99. The molecule has 5 aliphatic rings. The minimum Gasteiger partial charge on any atom is -0.478 e. The van der Waals surface area contributed by atoms with Gasteiger partial charge in [-0.25, -0.2) is 4.98 Å². The van der Waals surface area contributed by atoms with Crippen LogP contribution in [-0.4, -0.2) is 130 Å². The summed E-state index contributed by atoms with van der Waals surface area (Å²) in [4.78, 5) is 93.5. The number of halogens is 1. The first kappa shape index (κ1) is 45.1. The molecule has 0 bridgehead atoms. The molecular formula is C47H55ClN10O8. The molecule has 18 nitrogen and oxygen atoms in total. The van der Waals surface area contributed by atoms with E-state index < -0.39 is 29.7 Å². The monoisotopic (exact) mass is 922 g/mol. The average Bonchev–Trinajstić information content (AvgIpc) is 3.51. The standard InChI is InChI=1S/C47H55ClN10O8/c1-26(2)57-36-9-6-28(18-27(36)19-38(45(57)64)65-24-40(60)49-5)51-41-35(48)23-50-46(53-41)54-14-12-31(13-15-54)66-32-20-30(21-32)55-16-17-56(47(3,4)25-55)29-7-8-33-34(22-29)44(63)58(43(33)62)37-10-11-39(59)52-42(37)61/h6-9,18-19,22-23,26,30-32,37H,10-17,20-21,24-25H2,1-5H3,(H,49,60)(H,50,51,53)(H,52,59,61)/t30-,32-,37?. The number of fused-ring (bicyclic) bond motifs is 2. The van der Waals surface area contributed by atoms with Crippen molar-refractivity contribution in [2.24, 2.45) is 0 Å². The van der Waals surface area contributed by atoms with Gasteiger partial charge in [-0.15, -0.1) is 0 Å². The molecule has 4 aliphatic heterocycles. The zero-order valence-electron chi connectivity index (χ0n) is 37.8. The van der Waals surface area contributed by atoms with Gasteiger partial charge in [0.1, 0.15) is 11.1 Å². The van der Waals surface area contributed by atoms with Gasteiger partial charge >= 0.3 is 0 Å². The van der Waals surface area contributed by atoms with Crippen LogP contribution in [0.15, 0.2) is 53.5 Å². The predicted molar refractivity (Wildman–Crippen MR) is 248 cm³/mol. The Hall–Kier alpha value is -6.11. The number of pyridine rings is 1. The highest BCUT2D eigenvalue weighted by Crippen LogP contribution is 2.38. The van der Waals surface area contributed by atoms with E-state index in [1.54, 1.807) is 29.0 Å². The van der Waals surface area contributed by atoms with Gasteiger partial charge in [0.15, 0.2) is 18.2 Å². The summed E-state index contributed by atoms with van der Waals surface area (Å²) >= 11 is 6.61. The fraction of sp³-hybridized carbons (Fsp3) is 0.489. The topological polar surface area (TPSA) is 201 Å². The van der Waals surface area contributed by atoms with Crippen molar-refractivity contribution in [2.75, 3.05) is 61.5 Å². The van der Waals surface area contributed by atoms with Gasteiger partial charge in [-0.2, -0.15) is 4.98 Å². The maximum absolute atomic E-state index is 13.5. The number of piperidine rings is 2. The normalized spacial score (nSPS) is 22.4. The second-order valence-electron chi connectivity index (χ2n) is 18.7. The van der Waals surface area contributed by atoms with E-state index in [-0.39, 0.29) is 71.6 Å². The number of hydrogen-bond acceptors (Lipinski definition) is 14. The molecule has 5 amide bonds. The van der Waals surface area contributed by atoms with Crippen molar-refractivity contribution in [3.8, 4) is 5.75 Å². The molecule has 3 saturated heterocycles. The second-order valence-corrected chi connectivity index (χ2v) is 19.1. The molecule has 6 heterocycles. The molecular weight excluding hydrogens is 868 g/mol. The largest absolute Gasteiger partial charge is 0.478 e. The van der Waals surface area contributed by atoms with Crippen LogP contribution in [0.4, 0.5) is 23.1 Å². The third-order valence-corrected chi connectivity index (χ3v) is 13.8. The van der Waals surface area contributed by atoms with Gasteiger partial charge in [0.05, 0.1) is 35.0 Å². The van der Waals surface area contributed by atoms with Crippen molar-refractivity contribution in [1.29, 1.82) is 0 Å². The van der Waals surface area contributed by atoms with Crippen molar-refractivity contribution in [3.63, 3.8) is 0 Å². The van der Waals surface area contributed by atoms with E-state index in [9.17, 15) is 28.8 Å². The third-order valence-electron chi connectivity index (χ3n) is 13.5. The third kappa shape index (κ3) is 8.68. The van der Waals surface area contributed by atoms with Crippen LogP contribution in [0.2, 0.25) is 5.02 Å². The van der Waals surface area contributed by atoms with E-state index in [1.807, 2.05) is 38.1 Å². The molecule has 9 rings (SSSR count). The Morgan fingerprint density at radius 1 is 0.939 bits per heavy atom. The Balaban J connectivity index is 0.765. The number of nitrogens with one attached hydrogen (secondary N) is 3. The summed E-state index contributed by atoms with van der Waals surface area (Å²) < 4.78 is 13.9. The molecule has 0 spiro atoms. The van der Waals surface area contributed by atoms with Gasteiger partial charge in [-0.05, 0) is 102 Å². The van der Waals surface area contributed by atoms with Crippen LogP contribution in [0.25, 0.3) is 10.9 Å². The molecule has 1 unspecified atom stereocenters. The summed E-state index contributed by atoms with van der Waals surface area (Å²) in [6, 6.07) is 11.9. The van der Waals surface area contributed by atoms with E-state index in [2.05, 4.69) is 49.5 Å². The van der Waals surface area contributed by atoms with Crippen LogP contribution < -0.4 is 36.0 Å². The minimum atomic E-state index is -0.996. The van der Waals surface area contributed by atoms with Crippen LogP contribution in [0.1, 0.15) is 93.0 Å². The Labute approximate surface area is 386 Å². The van der Waals surface area contributed by atoms with E-state index in [1.165, 1.54) is 7.05 Å². The number of rotatable bonds is 12. The smallest absolute Gasteiger partial charge is 0.293 e. The quantitative estimate of drug-likeness (QED) is 0.169. The molecule has 1 aliphatic carbocycles. The van der Waals surface area contributed by atoms with Gasteiger partial charge in [-0.3, -0.25) is 43.9 Å².